The molecule has 96 valence electrons. The predicted octanol–water partition coefficient (Wildman–Crippen LogP) is 1.47. The van der Waals surface area contributed by atoms with Gasteiger partial charge in [0.15, 0.2) is 0 Å². The van der Waals surface area contributed by atoms with Crippen LogP contribution in [0.2, 0.25) is 0 Å². The van der Waals surface area contributed by atoms with Crippen molar-refractivity contribution in [3.05, 3.63) is 0 Å². The van der Waals surface area contributed by atoms with Gasteiger partial charge in [-0.25, -0.2) is 0 Å². The summed E-state index contributed by atoms with van der Waals surface area (Å²) >= 11 is 0. The third-order valence-electron chi connectivity index (χ3n) is 3.41. The quantitative estimate of drug-likeness (QED) is 0.660. The van der Waals surface area contributed by atoms with Crippen LogP contribution in [0.15, 0.2) is 0 Å². The van der Waals surface area contributed by atoms with E-state index in [-0.39, 0.29) is 6.61 Å². The van der Waals surface area contributed by atoms with Gasteiger partial charge in [0, 0.05) is 25.7 Å². The highest BCUT2D eigenvalue weighted by molar-refractivity contribution is 4.78. The lowest BCUT2D eigenvalue weighted by atomic mass is 10.1. The van der Waals surface area contributed by atoms with Crippen LogP contribution in [-0.2, 0) is 0 Å². The largest absolute Gasteiger partial charge is 0.395 e. The van der Waals surface area contributed by atoms with Gasteiger partial charge in [0.25, 0.3) is 0 Å². The molecule has 0 aromatic rings. The lowest BCUT2D eigenvalue weighted by molar-refractivity contribution is 0.165. The molecule has 1 aliphatic heterocycles. The van der Waals surface area contributed by atoms with Crippen molar-refractivity contribution in [1.82, 2.24) is 10.2 Å². The van der Waals surface area contributed by atoms with Crippen LogP contribution in [0.25, 0.3) is 0 Å². The molecule has 3 nitrogen and oxygen atoms in total. The summed E-state index contributed by atoms with van der Waals surface area (Å²) < 4.78 is 0. The standard InChI is InChI=1S/C13H28N2O/c1-3-5-12(2)10-15(8-9-16)11-13-6-4-7-14-13/h12-14,16H,3-11H2,1-2H3. The van der Waals surface area contributed by atoms with Crippen LogP contribution in [0.1, 0.15) is 39.5 Å². The number of nitrogens with zero attached hydrogens (tertiary/aromatic N) is 1. The topological polar surface area (TPSA) is 35.5 Å². The minimum atomic E-state index is 0.283. The molecular weight excluding hydrogens is 200 g/mol. The monoisotopic (exact) mass is 228 g/mol. The maximum Gasteiger partial charge on any atom is 0.0558 e. The highest BCUT2D eigenvalue weighted by Gasteiger charge is 2.18. The second-order valence-corrected chi connectivity index (χ2v) is 5.17. The van der Waals surface area contributed by atoms with Crippen LogP contribution in [0, 0.1) is 5.92 Å². The third-order valence-corrected chi connectivity index (χ3v) is 3.41. The Labute approximate surface area is 100 Å². The smallest absolute Gasteiger partial charge is 0.0558 e. The molecule has 0 aliphatic carbocycles. The summed E-state index contributed by atoms with van der Waals surface area (Å²) in [5.41, 5.74) is 0. The highest BCUT2D eigenvalue weighted by Crippen LogP contribution is 2.11. The van der Waals surface area contributed by atoms with E-state index in [1.807, 2.05) is 0 Å². The molecule has 0 amide bonds. The molecule has 2 unspecified atom stereocenters. The Morgan fingerprint density at radius 1 is 1.50 bits per heavy atom. The van der Waals surface area contributed by atoms with E-state index in [2.05, 4.69) is 24.1 Å². The van der Waals surface area contributed by atoms with Crippen molar-refractivity contribution in [3.8, 4) is 0 Å². The zero-order valence-electron chi connectivity index (χ0n) is 10.9. The molecule has 2 N–H and O–H groups in total. The average Bonchev–Trinajstić information content (AvgIpc) is 2.71. The molecular formula is C13H28N2O. The number of hydrogen-bond acceptors (Lipinski definition) is 3. The maximum atomic E-state index is 9.09. The Hall–Kier alpha value is -0.120. The maximum absolute atomic E-state index is 9.09. The second kappa shape index (κ2) is 8.04. The van der Waals surface area contributed by atoms with E-state index in [1.165, 1.54) is 32.2 Å². The molecule has 0 saturated carbocycles. The SMILES string of the molecule is CCCC(C)CN(CCO)CC1CCCN1. The van der Waals surface area contributed by atoms with Crippen LogP contribution in [0.3, 0.4) is 0 Å². The Morgan fingerprint density at radius 3 is 2.88 bits per heavy atom. The van der Waals surface area contributed by atoms with Crippen LogP contribution in [0.4, 0.5) is 0 Å². The van der Waals surface area contributed by atoms with Crippen molar-refractivity contribution in [2.45, 2.75) is 45.6 Å². The van der Waals surface area contributed by atoms with Crippen LogP contribution in [0.5, 0.6) is 0 Å². The molecule has 0 aromatic heterocycles. The van der Waals surface area contributed by atoms with Crippen molar-refractivity contribution in [1.29, 1.82) is 0 Å². The Bertz CT molecular complexity index is 169. The minimum Gasteiger partial charge on any atom is -0.395 e. The first-order chi connectivity index (χ1) is 7.76. The van der Waals surface area contributed by atoms with Crippen molar-refractivity contribution >= 4 is 0 Å². The summed E-state index contributed by atoms with van der Waals surface area (Å²) in [4.78, 5) is 2.42. The van der Waals surface area contributed by atoms with Gasteiger partial charge in [-0.05, 0) is 31.7 Å². The molecule has 2 atom stereocenters. The minimum absolute atomic E-state index is 0.283. The van der Waals surface area contributed by atoms with Gasteiger partial charge in [0.1, 0.15) is 0 Å². The normalized spacial score (nSPS) is 22.9. The summed E-state index contributed by atoms with van der Waals surface area (Å²) in [5, 5.41) is 12.6. The Balaban J connectivity index is 2.27. The molecule has 3 heteroatoms. The lowest BCUT2D eigenvalue weighted by Gasteiger charge is -2.27. The fourth-order valence-corrected chi connectivity index (χ4v) is 2.65. The molecule has 1 saturated heterocycles. The van der Waals surface area contributed by atoms with E-state index in [1.54, 1.807) is 0 Å². The van der Waals surface area contributed by atoms with Crippen LogP contribution in [-0.4, -0.2) is 48.8 Å². The summed E-state index contributed by atoms with van der Waals surface area (Å²) in [6.07, 6.45) is 5.15. The zero-order valence-corrected chi connectivity index (χ0v) is 10.9. The van der Waals surface area contributed by atoms with E-state index in [0.29, 0.717) is 6.04 Å². The first kappa shape index (κ1) is 13.9. The van der Waals surface area contributed by atoms with E-state index in [0.717, 1.165) is 25.6 Å². The van der Waals surface area contributed by atoms with Gasteiger partial charge in [-0.3, -0.25) is 4.90 Å². The third kappa shape index (κ3) is 5.28. The van der Waals surface area contributed by atoms with E-state index in [9.17, 15) is 0 Å². The number of nitrogens with one attached hydrogen (secondary N) is 1. The van der Waals surface area contributed by atoms with Gasteiger partial charge in [-0.15, -0.1) is 0 Å². The summed E-state index contributed by atoms with van der Waals surface area (Å²) in [6, 6.07) is 0.653. The van der Waals surface area contributed by atoms with Gasteiger partial charge >= 0.3 is 0 Å². The molecule has 1 heterocycles. The fraction of sp³-hybridized carbons (Fsp3) is 1.00. The fourth-order valence-electron chi connectivity index (χ4n) is 2.65. The molecule has 1 rings (SSSR count). The number of aliphatic hydroxyl groups excluding tert-OH is 1. The molecule has 16 heavy (non-hydrogen) atoms. The van der Waals surface area contributed by atoms with Gasteiger partial charge in [-0.1, -0.05) is 20.3 Å². The highest BCUT2D eigenvalue weighted by atomic mass is 16.3. The van der Waals surface area contributed by atoms with Crippen molar-refractivity contribution in [2.24, 2.45) is 5.92 Å². The molecule has 0 spiro atoms. The molecule has 0 radical (unpaired) electrons. The van der Waals surface area contributed by atoms with Gasteiger partial charge < -0.3 is 10.4 Å². The lowest BCUT2D eigenvalue weighted by Crippen LogP contribution is -2.41. The van der Waals surface area contributed by atoms with Gasteiger partial charge in [0.2, 0.25) is 0 Å². The van der Waals surface area contributed by atoms with Crippen molar-refractivity contribution in [2.75, 3.05) is 32.8 Å². The molecule has 0 bridgehead atoms. The van der Waals surface area contributed by atoms with Crippen molar-refractivity contribution < 1.29 is 5.11 Å². The Morgan fingerprint density at radius 2 is 2.31 bits per heavy atom. The van der Waals surface area contributed by atoms with Crippen LogP contribution >= 0.6 is 0 Å². The first-order valence-electron chi connectivity index (χ1n) is 6.82. The number of aliphatic hydroxyl groups is 1. The first-order valence-corrected chi connectivity index (χ1v) is 6.82. The van der Waals surface area contributed by atoms with E-state index < -0.39 is 0 Å². The molecule has 1 fully saturated rings. The zero-order chi connectivity index (χ0) is 11.8. The number of hydrogen-bond donors (Lipinski definition) is 2. The predicted molar refractivity (Wildman–Crippen MR) is 68.6 cm³/mol. The Kier molecular flexibility index (Phi) is 7.01. The molecule has 0 aromatic carbocycles. The van der Waals surface area contributed by atoms with Gasteiger partial charge in [-0.2, -0.15) is 0 Å². The summed E-state index contributed by atoms with van der Waals surface area (Å²) in [5.74, 6) is 0.748. The average molecular weight is 228 g/mol. The second-order valence-electron chi connectivity index (χ2n) is 5.17. The summed E-state index contributed by atoms with van der Waals surface area (Å²) in [7, 11) is 0. The number of rotatable bonds is 8. The van der Waals surface area contributed by atoms with Gasteiger partial charge in [0.05, 0.1) is 6.61 Å². The molecule has 1 aliphatic rings. The van der Waals surface area contributed by atoms with E-state index >= 15 is 0 Å². The van der Waals surface area contributed by atoms with Crippen LogP contribution < -0.4 is 5.32 Å². The summed E-state index contributed by atoms with van der Waals surface area (Å²) in [6.45, 7) is 9.07. The van der Waals surface area contributed by atoms with E-state index in [4.69, 9.17) is 5.11 Å². The van der Waals surface area contributed by atoms with Crippen molar-refractivity contribution in [3.63, 3.8) is 0 Å².